The summed E-state index contributed by atoms with van der Waals surface area (Å²) in [5, 5.41) is 15.1. The molecule has 1 spiro atoms. The maximum Gasteiger partial charge on any atom is 0.294 e. The predicted octanol–water partition coefficient (Wildman–Crippen LogP) is 4.20. The second kappa shape index (κ2) is 10.6. The number of nitro groups is 1. The van der Waals surface area contributed by atoms with Crippen molar-refractivity contribution in [2.24, 2.45) is 0 Å². The Bertz CT molecular complexity index is 1370. The van der Waals surface area contributed by atoms with E-state index in [2.05, 4.69) is 26.3 Å². The zero-order valence-corrected chi connectivity index (χ0v) is 23.1. The third kappa shape index (κ3) is 5.16. The van der Waals surface area contributed by atoms with Gasteiger partial charge in [0.1, 0.15) is 17.8 Å². The van der Waals surface area contributed by atoms with Gasteiger partial charge in [-0.1, -0.05) is 12.8 Å². The number of aryl methyl sites for hydroxylation is 1. The molecule has 3 aromatic rings. The maximum atomic E-state index is 12.0. The molecule has 1 saturated carbocycles. The molecule has 1 fully saturated rings. The minimum atomic E-state index is -0.387. The number of aromatic nitrogens is 4. The number of pyridine rings is 1. The van der Waals surface area contributed by atoms with Gasteiger partial charge in [-0.05, 0) is 46.0 Å². The van der Waals surface area contributed by atoms with Gasteiger partial charge in [-0.25, -0.2) is 9.97 Å². The fraction of sp³-hybridized carbons (Fsp3) is 0.481. The van der Waals surface area contributed by atoms with Crippen LogP contribution in [0.15, 0.2) is 30.6 Å². The first-order valence-corrected chi connectivity index (χ1v) is 13.1. The molecule has 5 rings (SSSR count). The molecule has 0 amide bonds. The molecule has 0 atom stereocenters. The average molecular weight is 534 g/mol. The quantitative estimate of drug-likeness (QED) is 0.314. The number of nitro benzene ring substituents is 1. The van der Waals surface area contributed by atoms with Crippen LogP contribution in [0.25, 0.3) is 0 Å². The number of hydrogen-bond donors (Lipinski definition) is 1. The number of hydrogen-bond acceptors (Lipinski definition) is 11. The summed E-state index contributed by atoms with van der Waals surface area (Å²) in [5.74, 6) is 1.23. The molecule has 1 aromatic carbocycles. The molecule has 3 heterocycles. The first-order valence-electron chi connectivity index (χ1n) is 13.1. The second-order valence-corrected chi connectivity index (χ2v) is 10.7. The van der Waals surface area contributed by atoms with Crippen molar-refractivity contribution < 1.29 is 9.66 Å². The Kier molecular flexibility index (Phi) is 7.21. The molecular weight excluding hydrogens is 498 g/mol. The van der Waals surface area contributed by atoms with Crippen molar-refractivity contribution in [2.75, 3.05) is 63.0 Å². The van der Waals surface area contributed by atoms with E-state index in [1.54, 1.807) is 6.07 Å². The van der Waals surface area contributed by atoms with Crippen LogP contribution in [0.5, 0.6) is 5.75 Å². The van der Waals surface area contributed by atoms with Gasteiger partial charge in [-0.15, -0.1) is 0 Å². The molecule has 0 saturated heterocycles. The molecule has 12 nitrogen and oxygen atoms in total. The van der Waals surface area contributed by atoms with Gasteiger partial charge >= 0.3 is 0 Å². The molecule has 2 aliphatic rings. The van der Waals surface area contributed by atoms with Gasteiger partial charge in [0.2, 0.25) is 11.9 Å². The van der Waals surface area contributed by atoms with E-state index >= 15 is 0 Å². The maximum absolute atomic E-state index is 12.0. The number of fused-ring (bicyclic) bond motifs is 2. The van der Waals surface area contributed by atoms with Crippen LogP contribution in [0.1, 0.15) is 37.1 Å². The molecule has 1 aliphatic heterocycles. The summed E-state index contributed by atoms with van der Waals surface area (Å²) in [5.41, 5.74) is 4.01. The highest BCUT2D eigenvalue weighted by atomic mass is 16.6. The van der Waals surface area contributed by atoms with Crippen LogP contribution in [0.4, 0.5) is 34.6 Å². The van der Waals surface area contributed by atoms with Crippen molar-refractivity contribution in [3.05, 3.63) is 52.1 Å². The monoisotopic (exact) mass is 533 g/mol. The lowest BCUT2D eigenvalue weighted by Crippen LogP contribution is -2.30. The summed E-state index contributed by atoms with van der Waals surface area (Å²) < 4.78 is 5.61. The number of nitrogens with zero attached hydrogens (tertiary/aromatic N) is 8. The SMILES string of the molecule is COc1cc(N(C)CCN(C)C)c([N+](=O)[O-])cc1Nc1ncnc(N2CC3(CCCC3)c3nc(C)ccc32)n1. The van der Waals surface area contributed by atoms with Crippen molar-refractivity contribution in [2.45, 2.75) is 38.0 Å². The molecule has 1 N–H and O–H groups in total. The summed E-state index contributed by atoms with van der Waals surface area (Å²) in [6.07, 6.45) is 6.02. The van der Waals surface area contributed by atoms with E-state index in [9.17, 15) is 10.1 Å². The molecule has 2 aromatic heterocycles. The number of benzene rings is 1. The highest BCUT2D eigenvalue weighted by Gasteiger charge is 2.47. The summed E-state index contributed by atoms with van der Waals surface area (Å²) in [4.78, 5) is 36.0. The third-order valence-corrected chi connectivity index (χ3v) is 7.66. The van der Waals surface area contributed by atoms with E-state index in [1.165, 1.54) is 32.3 Å². The number of rotatable bonds is 9. The van der Waals surface area contributed by atoms with Crippen LogP contribution in [0.2, 0.25) is 0 Å². The molecule has 0 bridgehead atoms. The molecular formula is C27H35N9O3. The van der Waals surface area contributed by atoms with Crippen molar-refractivity contribution in [1.29, 1.82) is 0 Å². The van der Waals surface area contributed by atoms with E-state index in [-0.39, 0.29) is 22.0 Å². The van der Waals surface area contributed by atoms with Crippen LogP contribution < -0.4 is 19.9 Å². The average Bonchev–Trinajstić information content (AvgIpc) is 3.52. The van der Waals surface area contributed by atoms with Gasteiger partial charge in [0.05, 0.1) is 29.1 Å². The predicted molar refractivity (Wildman–Crippen MR) is 151 cm³/mol. The first-order chi connectivity index (χ1) is 18.7. The summed E-state index contributed by atoms with van der Waals surface area (Å²) in [7, 11) is 7.29. The van der Waals surface area contributed by atoms with E-state index in [0.29, 0.717) is 29.6 Å². The van der Waals surface area contributed by atoms with Crippen molar-refractivity contribution in [3.8, 4) is 5.75 Å². The minimum absolute atomic E-state index is 0.0137. The van der Waals surface area contributed by atoms with Gasteiger partial charge in [-0.3, -0.25) is 15.1 Å². The number of methoxy groups -OCH3 is 1. The zero-order chi connectivity index (χ0) is 27.7. The van der Waals surface area contributed by atoms with E-state index in [1.807, 2.05) is 43.9 Å². The van der Waals surface area contributed by atoms with E-state index in [0.717, 1.165) is 43.0 Å². The van der Waals surface area contributed by atoms with E-state index in [4.69, 9.17) is 14.7 Å². The Morgan fingerprint density at radius 2 is 1.90 bits per heavy atom. The van der Waals surface area contributed by atoms with Gasteiger partial charge in [0.25, 0.3) is 5.69 Å². The highest BCUT2D eigenvalue weighted by Crippen LogP contribution is 2.51. The van der Waals surface area contributed by atoms with Crippen LogP contribution in [-0.4, -0.2) is 77.6 Å². The standard InChI is InChI=1S/C27H35N9O3/c1-18-8-9-20-24(30-18)27(10-6-7-11-27)16-35(20)26-29-17-28-25(32-26)31-19-14-22(36(37)38)21(15-23(19)39-5)34(4)13-12-33(2)3/h8-9,14-15,17H,6-7,10-13,16H2,1-5H3,(H,28,29,31,32). The van der Waals surface area contributed by atoms with Crippen LogP contribution >= 0.6 is 0 Å². The zero-order valence-electron chi connectivity index (χ0n) is 23.1. The lowest BCUT2D eigenvalue weighted by atomic mass is 9.84. The summed E-state index contributed by atoms with van der Waals surface area (Å²) in [6, 6.07) is 7.25. The smallest absolute Gasteiger partial charge is 0.294 e. The fourth-order valence-corrected chi connectivity index (χ4v) is 5.59. The Morgan fingerprint density at radius 3 is 2.59 bits per heavy atom. The topological polar surface area (TPSA) is 126 Å². The molecule has 0 unspecified atom stereocenters. The lowest BCUT2D eigenvalue weighted by molar-refractivity contribution is -0.384. The summed E-state index contributed by atoms with van der Waals surface area (Å²) in [6.45, 7) is 4.16. The molecule has 12 heteroatoms. The van der Waals surface area contributed by atoms with Crippen LogP contribution in [0, 0.1) is 17.0 Å². The van der Waals surface area contributed by atoms with Crippen molar-refractivity contribution in [3.63, 3.8) is 0 Å². The normalized spacial score (nSPS) is 15.6. The van der Waals surface area contributed by atoms with E-state index < -0.39 is 0 Å². The van der Waals surface area contributed by atoms with Crippen molar-refractivity contribution in [1.82, 2.24) is 24.8 Å². The van der Waals surface area contributed by atoms with Gasteiger partial charge in [-0.2, -0.15) is 4.98 Å². The fourth-order valence-electron chi connectivity index (χ4n) is 5.59. The Balaban J connectivity index is 1.46. The van der Waals surface area contributed by atoms with Crippen molar-refractivity contribution >= 4 is 34.6 Å². The third-order valence-electron chi connectivity index (χ3n) is 7.66. The number of ether oxygens (including phenoxy) is 1. The Morgan fingerprint density at radius 1 is 1.13 bits per heavy atom. The number of anilines is 5. The first kappa shape index (κ1) is 26.5. The lowest BCUT2D eigenvalue weighted by Gasteiger charge is -2.24. The molecule has 1 aliphatic carbocycles. The summed E-state index contributed by atoms with van der Waals surface area (Å²) >= 11 is 0. The van der Waals surface area contributed by atoms with Crippen LogP contribution in [-0.2, 0) is 5.41 Å². The highest BCUT2D eigenvalue weighted by molar-refractivity contribution is 5.77. The second-order valence-electron chi connectivity index (χ2n) is 10.7. The van der Waals surface area contributed by atoms with Gasteiger partial charge in [0.15, 0.2) is 0 Å². The Hall–Kier alpha value is -4.06. The minimum Gasteiger partial charge on any atom is -0.494 e. The molecule has 39 heavy (non-hydrogen) atoms. The molecule has 0 radical (unpaired) electrons. The number of nitrogens with one attached hydrogen (secondary N) is 1. The Labute approximate surface area is 228 Å². The van der Waals surface area contributed by atoms with Crippen LogP contribution in [0.3, 0.4) is 0 Å². The van der Waals surface area contributed by atoms with Gasteiger partial charge in [0, 0.05) is 49.9 Å². The number of likely N-dealkylation sites (N-methyl/N-ethyl adjacent to an activating group) is 2. The van der Waals surface area contributed by atoms with Gasteiger partial charge < -0.3 is 24.8 Å². The largest absolute Gasteiger partial charge is 0.494 e. The molecule has 206 valence electrons.